The van der Waals surface area contributed by atoms with Crippen LogP contribution in [0, 0.1) is 13.8 Å². The molecular weight excluding hydrogens is 260 g/mol. The van der Waals surface area contributed by atoms with Gasteiger partial charge < -0.3 is 22.9 Å². The molecule has 0 bridgehead atoms. The lowest BCUT2D eigenvalue weighted by atomic mass is 10.1. The number of halogens is 1. The van der Waals surface area contributed by atoms with Crippen molar-refractivity contribution in [2.75, 3.05) is 22.9 Å². The van der Waals surface area contributed by atoms with Gasteiger partial charge >= 0.3 is 0 Å². The summed E-state index contributed by atoms with van der Waals surface area (Å²) in [7, 11) is 0. The molecule has 0 aromatic heterocycles. The van der Waals surface area contributed by atoms with Gasteiger partial charge in [-0.2, -0.15) is 0 Å². The minimum absolute atomic E-state index is 0.509. The maximum atomic E-state index is 5.63. The zero-order chi connectivity index (χ0) is 14.6. The molecule has 0 spiro atoms. The van der Waals surface area contributed by atoms with Crippen molar-refractivity contribution in [1.29, 1.82) is 0 Å². The van der Waals surface area contributed by atoms with Gasteiger partial charge in [0.25, 0.3) is 0 Å². The van der Waals surface area contributed by atoms with Crippen molar-refractivity contribution in [2.45, 2.75) is 13.8 Å². The van der Waals surface area contributed by atoms with Crippen LogP contribution in [0.1, 0.15) is 11.1 Å². The van der Waals surface area contributed by atoms with Crippen LogP contribution in [0.15, 0.2) is 30.3 Å². The van der Waals surface area contributed by atoms with Crippen LogP contribution in [0.25, 0.3) is 0 Å². The fourth-order valence-corrected chi connectivity index (χ4v) is 1.59. The van der Waals surface area contributed by atoms with Crippen molar-refractivity contribution in [2.24, 2.45) is 0 Å². The first-order valence-electron chi connectivity index (χ1n) is 5.74. The van der Waals surface area contributed by atoms with Gasteiger partial charge in [0, 0.05) is 17.1 Å². The quantitative estimate of drug-likeness (QED) is 0.556. The van der Waals surface area contributed by atoms with Crippen LogP contribution in [0.5, 0.6) is 0 Å². The zero-order valence-electron chi connectivity index (χ0n) is 11.1. The third-order valence-electron chi connectivity index (χ3n) is 2.68. The topological polar surface area (TPSA) is 104 Å². The summed E-state index contributed by atoms with van der Waals surface area (Å²) >= 11 is 5.61. The second kappa shape index (κ2) is 6.20. The molecule has 5 heteroatoms. The largest absolute Gasteiger partial charge is 0.399 e. The summed E-state index contributed by atoms with van der Waals surface area (Å²) in [5.41, 5.74) is 27.0. The van der Waals surface area contributed by atoms with E-state index < -0.39 is 0 Å². The molecule has 0 unspecified atom stereocenters. The molecule has 0 saturated heterocycles. The van der Waals surface area contributed by atoms with Gasteiger partial charge in [0.1, 0.15) is 0 Å². The maximum absolute atomic E-state index is 5.63. The zero-order valence-corrected chi connectivity index (χ0v) is 11.8. The molecule has 0 saturated carbocycles. The van der Waals surface area contributed by atoms with Gasteiger partial charge in [-0.3, -0.25) is 0 Å². The Kier molecular flexibility index (Phi) is 4.89. The summed E-state index contributed by atoms with van der Waals surface area (Å²) in [5.74, 6) is 0. The van der Waals surface area contributed by atoms with E-state index in [0.717, 1.165) is 22.5 Å². The molecule has 0 aliphatic rings. The van der Waals surface area contributed by atoms with Crippen molar-refractivity contribution in [3.05, 3.63) is 46.5 Å². The molecule has 0 aliphatic heterocycles. The maximum Gasteiger partial charge on any atom is 0.0655 e. The number of hydrogen-bond donors (Lipinski definition) is 4. The first-order valence-corrected chi connectivity index (χ1v) is 6.11. The second-order valence-corrected chi connectivity index (χ2v) is 4.75. The Bertz CT molecular complexity index is 532. The van der Waals surface area contributed by atoms with Crippen LogP contribution in [0.2, 0.25) is 5.02 Å². The predicted molar refractivity (Wildman–Crippen MR) is 85.0 cm³/mol. The molecule has 2 aromatic rings. The molecule has 2 aromatic carbocycles. The highest BCUT2D eigenvalue weighted by Gasteiger charge is 1.96. The van der Waals surface area contributed by atoms with Gasteiger partial charge in [0.15, 0.2) is 0 Å². The normalized spacial score (nSPS) is 9.63. The van der Waals surface area contributed by atoms with Crippen molar-refractivity contribution < 1.29 is 0 Å². The van der Waals surface area contributed by atoms with Crippen molar-refractivity contribution in [3.8, 4) is 0 Å². The summed E-state index contributed by atoms with van der Waals surface area (Å²) < 4.78 is 0. The smallest absolute Gasteiger partial charge is 0.0655 e. The van der Waals surface area contributed by atoms with Crippen LogP contribution in [0.4, 0.5) is 22.7 Å². The molecule has 0 atom stereocenters. The van der Waals surface area contributed by atoms with Crippen LogP contribution in [-0.2, 0) is 0 Å². The number of benzene rings is 2. The summed E-state index contributed by atoms with van der Waals surface area (Å²) in [6, 6.07) is 8.80. The van der Waals surface area contributed by atoms with Gasteiger partial charge in [-0.05, 0) is 55.3 Å². The lowest BCUT2D eigenvalue weighted by Gasteiger charge is -2.03. The summed E-state index contributed by atoms with van der Waals surface area (Å²) in [4.78, 5) is 0. The van der Waals surface area contributed by atoms with Gasteiger partial charge in [-0.25, -0.2) is 0 Å². The molecular formula is C14H19ClN4. The number of anilines is 4. The van der Waals surface area contributed by atoms with Crippen molar-refractivity contribution >= 4 is 34.4 Å². The molecule has 4 nitrogen and oxygen atoms in total. The third-order valence-corrected chi connectivity index (χ3v) is 3.01. The van der Waals surface area contributed by atoms with E-state index in [1.54, 1.807) is 18.2 Å². The first kappa shape index (κ1) is 15.0. The highest BCUT2D eigenvalue weighted by molar-refractivity contribution is 6.33. The summed E-state index contributed by atoms with van der Waals surface area (Å²) in [6.07, 6.45) is 0. The molecule has 0 fully saturated rings. The van der Waals surface area contributed by atoms with Crippen molar-refractivity contribution in [3.63, 3.8) is 0 Å². The van der Waals surface area contributed by atoms with Gasteiger partial charge in [0.05, 0.1) is 10.7 Å². The second-order valence-electron chi connectivity index (χ2n) is 4.35. The highest BCUT2D eigenvalue weighted by atomic mass is 35.5. The van der Waals surface area contributed by atoms with E-state index in [9.17, 15) is 0 Å². The van der Waals surface area contributed by atoms with Crippen LogP contribution in [0.3, 0.4) is 0 Å². The van der Waals surface area contributed by atoms with Crippen LogP contribution >= 0.6 is 11.6 Å². The average Bonchev–Trinajstić information content (AvgIpc) is 2.33. The monoisotopic (exact) mass is 278 g/mol. The average molecular weight is 279 g/mol. The number of nitrogens with two attached hydrogens (primary N) is 4. The Labute approximate surface area is 118 Å². The Hall–Kier alpha value is -2.07. The van der Waals surface area contributed by atoms with E-state index in [4.69, 9.17) is 34.5 Å². The Morgan fingerprint density at radius 1 is 0.737 bits per heavy atom. The molecule has 2 rings (SSSR count). The highest BCUT2D eigenvalue weighted by Crippen LogP contribution is 2.20. The molecule has 0 aliphatic carbocycles. The summed E-state index contributed by atoms with van der Waals surface area (Å²) in [5, 5.41) is 0.509. The third kappa shape index (κ3) is 4.26. The van der Waals surface area contributed by atoms with Crippen LogP contribution < -0.4 is 22.9 Å². The lowest BCUT2D eigenvalue weighted by Crippen LogP contribution is -1.95. The van der Waals surface area contributed by atoms with Crippen molar-refractivity contribution in [1.82, 2.24) is 0 Å². The van der Waals surface area contributed by atoms with E-state index in [1.807, 2.05) is 26.0 Å². The summed E-state index contributed by atoms with van der Waals surface area (Å²) in [6.45, 7) is 3.90. The number of nitrogen functional groups attached to an aromatic ring is 4. The molecule has 8 N–H and O–H groups in total. The number of hydrogen-bond acceptors (Lipinski definition) is 4. The Morgan fingerprint density at radius 2 is 1.21 bits per heavy atom. The van der Waals surface area contributed by atoms with E-state index in [0.29, 0.717) is 16.4 Å². The van der Waals surface area contributed by atoms with E-state index in [2.05, 4.69) is 0 Å². The molecule has 102 valence electrons. The fraction of sp³-hybridized carbons (Fsp3) is 0.143. The fourth-order valence-electron chi connectivity index (χ4n) is 1.40. The standard InChI is InChI=1S/C8H12N2.C6H7ClN2/c1-5-3-8(10)6(2)4-7(5)9;7-5-3-4(8)1-2-6(5)9/h3-4H,9-10H2,1-2H3;1-3H,8-9H2. The molecule has 19 heavy (non-hydrogen) atoms. The first-order chi connectivity index (χ1) is 8.81. The Morgan fingerprint density at radius 3 is 1.58 bits per heavy atom. The van der Waals surface area contributed by atoms with Gasteiger partial charge in [-0.15, -0.1) is 0 Å². The van der Waals surface area contributed by atoms with E-state index in [1.165, 1.54) is 0 Å². The van der Waals surface area contributed by atoms with Gasteiger partial charge in [-0.1, -0.05) is 11.6 Å². The number of aryl methyl sites for hydroxylation is 2. The van der Waals surface area contributed by atoms with Gasteiger partial charge in [0.2, 0.25) is 0 Å². The minimum Gasteiger partial charge on any atom is -0.399 e. The van der Waals surface area contributed by atoms with Crippen LogP contribution in [-0.4, -0.2) is 0 Å². The van der Waals surface area contributed by atoms with E-state index in [-0.39, 0.29) is 0 Å². The lowest BCUT2D eigenvalue weighted by molar-refractivity contribution is 1.40. The molecule has 0 radical (unpaired) electrons. The van der Waals surface area contributed by atoms with E-state index >= 15 is 0 Å². The Balaban J connectivity index is 0.000000191. The molecule has 0 heterocycles. The minimum atomic E-state index is 0.509. The number of rotatable bonds is 0. The SMILES string of the molecule is Cc1cc(N)c(C)cc1N.Nc1ccc(N)c(Cl)c1. The predicted octanol–water partition coefficient (Wildman–Crippen LogP) is 2.97. The molecule has 0 amide bonds.